The van der Waals surface area contributed by atoms with E-state index in [1.54, 1.807) is 31.3 Å². The summed E-state index contributed by atoms with van der Waals surface area (Å²) in [7, 11) is 1.57. The molecule has 3 aromatic rings. The van der Waals surface area contributed by atoms with Crippen molar-refractivity contribution in [2.45, 2.75) is 32.7 Å². The van der Waals surface area contributed by atoms with E-state index >= 15 is 0 Å². The Morgan fingerprint density at radius 3 is 2.62 bits per heavy atom. The second-order valence-electron chi connectivity index (χ2n) is 8.83. The fraction of sp³-hybridized carbons (Fsp3) is 0.296. The number of nitrogens with one attached hydrogen (secondary N) is 1. The van der Waals surface area contributed by atoms with Crippen LogP contribution in [-0.2, 0) is 9.59 Å². The summed E-state index contributed by atoms with van der Waals surface area (Å²) in [6.45, 7) is 4.21. The third-order valence-corrected chi connectivity index (χ3v) is 6.57. The van der Waals surface area contributed by atoms with Gasteiger partial charge >= 0.3 is 0 Å². The van der Waals surface area contributed by atoms with Crippen LogP contribution in [0.2, 0.25) is 0 Å². The number of likely N-dealkylation sites (N-methyl/N-ethyl adjacent to an activating group) is 1. The summed E-state index contributed by atoms with van der Waals surface area (Å²) in [5.74, 6) is -1.05. The predicted molar refractivity (Wildman–Crippen MR) is 132 cm³/mol. The molecule has 0 radical (unpaired) electrons. The van der Waals surface area contributed by atoms with E-state index in [4.69, 9.17) is 0 Å². The number of aromatic hydroxyl groups is 1. The Hall–Kier alpha value is -3.87. The number of likely N-dealkylation sites (tertiary alicyclic amines) is 1. The number of nitrogens with zero attached hydrogens (tertiary/aromatic N) is 2. The maximum absolute atomic E-state index is 13.3. The van der Waals surface area contributed by atoms with Gasteiger partial charge in [-0.15, -0.1) is 0 Å². The van der Waals surface area contributed by atoms with Crippen LogP contribution in [0.5, 0.6) is 5.75 Å². The molecule has 1 atom stereocenters. The molecule has 3 amide bonds. The smallest absolute Gasteiger partial charge is 0.258 e. The molecule has 7 heteroatoms. The van der Waals surface area contributed by atoms with Crippen molar-refractivity contribution < 1.29 is 19.5 Å². The van der Waals surface area contributed by atoms with Crippen molar-refractivity contribution in [2.24, 2.45) is 0 Å². The minimum atomic E-state index is -0.670. The van der Waals surface area contributed by atoms with Crippen LogP contribution in [0.4, 0.5) is 5.69 Å². The fourth-order valence-electron chi connectivity index (χ4n) is 4.47. The highest BCUT2D eigenvalue weighted by Crippen LogP contribution is 2.31. The van der Waals surface area contributed by atoms with Crippen LogP contribution in [0.1, 0.15) is 34.3 Å². The van der Waals surface area contributed by atoms with Crippen LogP contribution < -0.4 is 5.32 Å². The van der Waals surface area contributed by atoms with Crippen molar-refractivity contribution in [1.29, 1.82) is 0 Å². The Morgan fingerprint density at radius 2 is 1.82 bits per heavy atom. The van der Waals surface area contributed by atoms with Crippen molar-refractivity contribution in [1.82, 2.24) is 9.80 Å². The average Bonchev–Trinajstić information content (AvgIpc) is 3.31. The predicted octanol–water partition coefficient (Wildman–Crippen LogP) is 3.86. The van der Waals surface area contributed by atoms with Crippen LogP contribution in [-0.4, -0.2) is 58.8 Å². The van der Waals surface area contributed by atoms with Gasteiger partial charge in [0.15, 0.2) is 0 Å². The van der Waals surface area contributed by atoms with Gasteiger partial charge in [-0.05, 0) is 55.3 Å². The molecule has 1 heterocycles. The number of carbonyl (C=O) groups excluding carboxylic acids is 3. The number of anilines is 1. The van der Waals surface area contributed by atoms with Crippen LogP contribution in [0.25, 0.3) is 10.8 Å². The van der Waals surface area contributed by atoms with E-state index in [1.807, 2.05) is 44.2 Å². The summed E-state index contributed by atoms with van der Waals surface area (Å²) < 4.78 is 0. The third kappa shape index (κ3) is 4.46. The molecule has 2 N–H and O–H groups in total. The highest BCUT2D eigenvalue weighted by molar-refractivity contribution is 6.05. The highest BCUT2D eigenvalue weighted by atomic mass is 16.3. The number of phenolic OH excluding ortho intramolecular Hbond substituents is 1. The van der Waals surface area contributed by atoms with E-state index in [2.05, 4.69) is 5.32 Å². The van der Waals surface area contributed by atoms with E-state index in [9.17, 15) is 19.5 Å². The Bertz CT molecular complexity index is 1270. The summed E-state index contributed by atoms with van der Waals surface area (Å²) >= 11 is 0. The van der Waals surface area contributed by atoms with Crippen molar-refractivity contribution in [3.05, 3.63) is 71.3 Å². The van der Waals surface area contributed by atoms with Gasteiger partial charge in [0.05, 0.1) is 12.1 Å². The molecule has 0 aliphatic carbocycles. The minimum absolute atomic E-state index is 0.0811. The molecule has 1 aliphatic rings. The number of amides is 3. The molecule has 34 heavy (non-hydrogen) atoms. The topological polar surface area (TPSA) is 90.0 Å². The molecule has 1 unspecified atom stereocenters. The van der Waals surface area contributed by atoms with Crippen molar-refractivity contribution >= 4 is 34.2 Å². The number of benzene rings is 3. The Labute approximate surface area is 199 Å². The molecule has 176 valence electrons. The number of phenols is 1. The fourth-order valence-corrected chi connectivity index (χ4v) is 4.47. The van der Waals surface area contributed by atoms with E-state index in [0.717, 1.165) is 22.2 Å². The molecule has 0 saturated carbocycles. The van der Waals surface area contributed by atoms with Gasteiger partial charge < -0.3 is 20.2 Å². The molecule has 1 fully saturated rings. The van der Waals surface area contributed by atoms with Gasteiger partial charge in [0, 0.05) is 24.7 Å². The first kappa shape index (κ1) is 23.3. The zero-order valence-corrected chi connectivity index (χ0v) is 19.7. The molecule has 3 aromatic carbocycles. The number of rotatable bonds is 5. The summed E-state index contributed by atoms with van der Waals surface area (Å²) in [5.41, 5.74) is 2.94. The lowest BCUT2D eigenvalue weighted by Crippen LogP contribution is -2.48. The molecule has 0 bridgehead atoms. The molecule has 4 rings (SSSR count). The minimum Gasteiger partial charge on any atom is -0.506 e. The lowest BCUT2D eigenvalue weighted by molar-refractivity contribution is -0.136. The van der Waals surface area contributed by atoms with Gasteiger partial charge in [-0.3, -0.25) is 14.4 Å². The van der Waals surface area contributed by atoms with E-state index in [-0.39, 0.29) is 35.6 Å². The molecule has 1 saturated heterocycles. The number of hydrogen-bond donors (Lipinski definition) is 2. The highest BCUT2D eigenvalue weighted by Gasteiger charge is 2.37. The molecule has 1 aliphatic heterocycles. The average molecular weight is 460 g/mol. The summed E-state index contributed by atoms with van der Waals surface area (Å²) in [6.07, 6.45) is 1.20. The van der Waals surface area contributed by atoms with Crippen LogP contribution >= 0.6 is 0 Å². The van der Waals surface area contributed by atoms with E-state index in [1.165, 1.54) is 9.80 Å². The van der Waals surface area contributed by atoms with Crippen molar-refractivity contribution in [2.75, 3.05) is 25.5 Å². The molecule has 0 spiro atoms. The maximum Gasteiger partial charge on any atom is 0.258 e. The maximum atomic E-state index is 13.3. The van der Waals surface area contributed by atoms with Crippen LogP contribution in [0, 0.1) is 13.8 Å². The normalized spacial score (nSPS) is 15.4. The standard InChI is InChI=1S/C27H29N3O4/c1-17-8-6-11-22(18(17)2)28-24(31)16-29(3)27(34)23-12-7-15-30(23)26(33)21-14-13-19-9-4-5-10-20(19)25(21)32/h4-6,8-11,13-14,23,32H,7,12,15-16H2,1-3H3,(H,28,31). The first-order valence-electron chi connectivity index (χ1n) is 11.4. The number of aryl methyl sites for hydroxylation is 1. The number of carbonyl (C=O) groups is 3. The van der Waals surface area contributed by atoms with Gasteiger partial charge in [-0.2, -0.15) is 0 Å². The van der Waals surface area contributed by atoms with Gasteiger partial charge in [0.1, 0.15) is 11.8 Å². The Balaban J connectivity index is 1.46. The number of hydrogen-bond acceptors (Lipinski definition) is 4. The zero-order chi connectivity index (χ0) is 24.4. The number of fused-ring (bicyclic) bond motifs is 1. The molecule has 7 nitrogen and oxygen atoms in total. The van der Waals surface area contributed by atoms with Crippen LogP contribution in [0.3, 0.4) is 0 Å². The molecular formula is C27H29N3O4. The van der Waals surface area contributed by atoms with Crippen LogP contribution in [0.15, 0.2) is 54.6 Å². The lowest BCUT2D eigenvalue weighted by Gasteiger charge is -2.28. The Morgan fingerprint density at radius 1 is 1.06 bits per heavy atom. The van der Waals surface area contributed by atoms with Gasteiger partial charge in [0.25, 0.3) is 5.91 Å². The van der Waals surface area contributed by atoms with Crippen molar-refractivity contribution in [3.8, 4) is 5.75 Å². The van der Waals surface area contributed by atoms with Gasteiger partial charge in [0.2, 0.25) is 11.8 Å². The second-order valence-corrected chi connectivity index (χ2v) is 8.83. The summed E-state index contributed by atoms with van der Waals surface area (Å²) in [6, 6.07) is 15.7. The van der Waals surface area contributed by atoms with E-state index < -0.39 is 6.04 Å². The zero-order valence-electron chi connectivity index (χ0n) is 19.7. The summed E-state index contributed by atoms with van der Waals surface area (Å²) in [4.78, 5) is 41.9. The summed E-state index contributed by atoms with van der Waals surface area (Å²) in [5, 5.41) is 15.0. The lowest BCUT2D eigenvalue weighted by atomic mass is 10.0. The second kappa shape index (κ2) is 9.55. The molecule has 0 aromatic heterocycles. The first-order valence-corrected chi connectivity index (χ1v) is 11.4. The monoisotopic (exact) mass is 459 g/mol. The largest absolute Gasteiger partial charge is 0.506 e. The van der Waals surface area contributed by atoms with Gasteiger partial charge in [-0.25, -0.2) is 0 Å². The quantitative estimate of drug-likeness (QED) is 0.606. The molecular weight excluding hydrogens is 430 g/mol. The first-order chi connectivity index (χ1) is 16.3. The third-order valence-electron chi connectivity index (χ3n) is 6.57. The Kier molecular flexibility index (Phi) is 6.54. The SMILES string of the molecule is Cc1cccc(NC(=O)CN(C)C(=O)C2CCCN2C(=O)c2ccc3ccccc3c2O)c1C. The van der Waals surface area contributed by atoms with E-state index in [0.29, 0.717) is 24.8 Å². The van der Waals surface area contributed by atoms with Crippen molar-refractivity contribution in [3.63, 3.8) is 0 Å². The van der Waals surface area contributed by atoms with Gasteiger partial charge in [-0.1, -0.05) is 42.5 Å².